The Hall–Kier alpha value is -0.300. The lowest BCUT2D eigenvalue weighted by Gasteiger charge is -2.40. The van der Waals surface area contributed by atoms with Crippen molar-refractivity contribution in [3.63, 3.8) is 0 Å². The zero-order chi connectivity index (χ0) is 8.28. The van der Waals surface area contributed by atoms with Gasteiger partial charge in [-0.2, -0.15) is 0 Å². The molecule has 1 nitrogen and oxygen atoms in total. The highest BCUT2D eigenvalue weighted by Gasteiger charge is 2.56. The molecule has 0 spiro atoms. The SMILES string of the molecule is C=C1[C@@H]2CC[C@@](N)(C2)C1(C)C. The van der Waals surface area contributed by atoms with E-state index in [1.165, 1.54) is 24.8 Å². The van der Waals surface area contributed by atoms with Crippen molar-refractivity contribution >= 4 is 0 Å². The lowest BCUT2D eigenvalue weighted by molar-refractivity contribution is 0.234. The number of rotatable bonds is 0. The van der Waals surface area contributed by atoms with E-state index < -0.39 is 0 Å². The topological polar surface area (TPSA) is 26.0 Å². The molecular weight excluding hydrogens is 134 g/mol. The van der Waals surface area contributed by atoms with Crippen molar-refractivity contribution in [2.75, 3.05) is 0 Å². The van der Waals surface area contributed by atoms with Crippen LogP contribution in [0.25, 0.3) is 0 Å². The van der Waals surface area contributed by atoms with Crippen LogP contribution in [0.3, 0.4) is 0 Å². The van der Waals surface area contributed by atoms with Crippen molar-refractivity contribution in [3.8, 4) is 0 Å². The van der Waals surface area contributed by atoms with Crippen LogP contribution in [0.1, 0.15) is 33.1 Å². The summed E-state index contributed by atoms with van der Waals surface area (Å²) < 4.78 is 0. The quantitative estimate of drug-likeness (QED) is 0.527. The average Bonchev–Trinajstić information content (AvgIpc) is 2.36. The van der Waals surface area contributed by atoms with Crippen molar-refractivity contribution < 1.29 is 0 Å². The van der Waals surface area contributed by atoms with Crippen LogP contribution in [0, 0.1) is 11.3 Å². The Labute approximate surface area is 68.7 Å². The summed E-state index contributed by atoms with van der Waals surface area (Å²) in [5.74, 6) is 0.731. The molecule has 0 heterocycles. The largest absolute Gasteiger partial charge is 0.324 e. The molecule has 0 aromatic heterocycles. The van der Waals surface area contributed by atoms with Gasteiger partial charge < -0.3 is 5.73 Å². The van der Waals surface area contributed by atoms with E-state index in [1.54, 1.807) is 0 Å². The van der Waals surface area contributed by atoms with E-state index in [-0.39, 0.29) is 11.0 Å². The third-order valence-electron chi connectivity index (χ3n) is 4.09. The normalized spacial score (nSPS) is 46.8. The maximum Gasteiger partial charge on any atom is 0.0249 e. The van der Waals surface area contributed by atoms with Crippen LogP contribution in [0.4, 0.5) is 0 Å². The summed E-state index contributed by atoms with van der Waals surface area (Å²) in [6.07, 6.45) is 3.65. The summed E-state index contributed by atoms with van der Waals surface area (Å²) in [5.41, 5.74) is 7.97. The number of fused-ring (bicyclic) bond motifs is 2. The second-order valence-electron chi connectivity index (χ2n) is 4.75. The summed E-state index contributed by atoms with van der Waals surface area (Å²) in [6.45, 7) is 8.64. The smallest absolute Gasteiger partial charge is 0.0249 e. The first-order valence-corrected chi connectivity index (χ1v) is 4.45. The zero-order valence-electron chi connectivity index (χ0n) is 7.48. The molecule has 0 aromatic rings. The molecule has 0 unspecified atom stereocenters. The summed E-state index contributed by atoms with van der Waals surface area (Å²) in [5, 5.41) is 0. The number of hydrogen-bond donors (Lipinski definition) is 1. The molecule has 2 saturated carbocycles. The predicted octanol–water partition coefficient (Wildman–Crippen LogP) is 2.08. The van der Waals surface area contributed by atoms with Gasteiger partial charge in [-0.3, -0.25) is 0 Å². The monoisotopic (exact) mass is 151 g/mol. The molecule has 2 rings (SSSR count). The number of hydrogen-bond acceptors (Lipinski definition) is 1. The van der Waals surface area contributed by atoms with Gasteiger partial charge in [0.25, 0.3) is 0 Å². The Bertz CT molecular complexity index is 217. The summed E-state index contributed by atoms with van der Waals surface area (Å²) in [7, 11) is 0. The minimum absolute atomic E-state index is 0.0781. The van der Waals surface area contributed by atoms with Crippen molar-refractivity contribution in [3.05, 3.63) is 12.2 Å². The average molecular weight is 151 g/mol. The molecule has 2 N–H and O–H groups in total. The van der Waals surface area contributed by atoms with Crippen molar-refractivity contribution in [2.45, 2.75) is 38.6 Å². The second kappa shape index (κ2) is 1.71. The standard InChI is InChI=1S/C10H17N/c1-7-8-4-5-10(11,6-8)9(7,2)3/h8H,1,4-6,11H2,2-3H3/t8-,10-/m1/s1. The van der Waals surface area contributed by atoms with E-state index in [1.807, 2.05) is 0 Å². The van der Waals surface area contributed by atoms with Crippen molar-refractivity contribution in [1.29, 1.82) is 0 Å². The molecule has 0 radical (unpaired) electrons. The summed E-state index contributed by atoms with van der Waals surface area (Å²) in [6, 6.07) is 0. The maximum atomic E-state index is 6.31. The molecular formula is C10H17N. The third-order valence-corrected chi connectivity index (χ3v) is 4.09. The van der Waals surface area contributed by atoms with Gasteiger partial charge in [-0.1, -0.05) is 26.0 Å². The molecule has 0 saturated heterocycles. The van der Waals surface area contributed by atoms with Crippen molar-refractivity contribution in [1.82, 2.24) is 0 Å². The summed E-state index contributed by atoms with van der Waals surface area (Å²) >= 11 is 0. The molecule has 2 bridgehead atoms. The maximum absolute atomic E-state index is 6.31. The van der Waals surface area contributed by atoms with Crippen LogP contribution in [0.15, 0.2) is 12.2 Å². The lowest BCUT2D eigenvalue weighted by atomic mass is 9.69. The van der Waals surface area contributed by atoms with E-state index >= 15 is 0 Å². The molecule has 2 aliphatic carbocycles. The minimum atomic E-state index is 0.0781. The molecule has 1 heteroatoms. The van der Waals surface area contributed by atoms with Crippen LogP contribution >= 0.6 is 0 Å². The molecule has 2 fully saturated rings. The van der Waals surface area contributed by atoms with E-state index in [2.05, 4.69) is 20.4 Å². The summed E-state index contributed by atoms with van der Waals surface area (Å²) in [4.78, 5) is 0. The van der Waals surface area contributed by atoms with Gasteiger partial charge in [0.2, 0.25) is 0 Å². The molecule has 62 valence electrons. The molecule has 11 heavy (non-hydrogen) atoms. The van der Waals surface area contributed by atoms with Crippen molar-refractivity contribution in [2.24, 2.45) is 17.1 Å². The van der Waals surface area contributed by atoms with Crippen LogP contribution in [-0.2, 0) is 0 Å². The van der Waals surface area contributed by atoms with Crippen LogP contribution in [0.5, 0.6) is 0 Å². The second-order valence-corrected chi connectivity index (χ2v) is 4.75. The third kappa shape index (κ3) is 0.652. The highest BCUT2D eigenvalue weighted by Crippen LogP contribution is 2.59. The van der Waals surface area contributed by atoms with Gasteiger partial charge in [0.1, 0.15) is 0 Å². The van der Waals surface area contributed by atoms with Gasteiger partial charge in [0.15, 0.2) is 0 Å². The van der Waals surface area contributed by atoms with Gasteiger partial charge in [-0.05, 0) is 25.2 Å². The molecule has 0 amide bonds. The first-order valence-electron chi connectivity index (χ1n) is 4.45. The van der Waals surface area contributed by atoms with Gasteiger partial charge in [-0.15, -0.1) is 0 Å². The van der Waals surface area contributed by atoms with Gasteiger partial charge in [-0.25, -0.2) is 0 Å². The molecule has 0 aromatic carbocycles. The van der Waals surface area contributed by atoms with Gasteiger partial charge in [0, 0.05) is 11.0 Å². The molecule has 0 aliphatic heterocycles. The fourth-order valence-corrected chi connectivity index (χ4v) is 2.77. The Balaban J connectivity index is 2.44. The van der Waals surface area contributed by atoms with E-state index in [0.29, 0.717) is 0 Å². The fraction of sp³-hybridized carbons (Fsp3) is 0.800. The van der Waals surface area contributed by atoms with E-state index in [0.717, 1.165) is 5.92 Å². The van der Waals surface area contributed by atoms with Crippen LogP contribution in [0.2, 0.25) is 0 Å². The first-order chi connectivity index (χ1) is 4.97. The number of nitrogens with two attached hydrogens (primary N) is 1. The zero-order valence-corrected chi connectivity index (χ0v) is 7.48. The highest BCUT2D eigenvalue weighted by molar-refractivity contribution is 5.30. The Morgan fingerprint density at radius 1 is 1.55 bits per heavy atom. The molecule has 2 aliphatic rings. The lowest BCUT2D eigenvalue weighted by Crippen LogP contribution is -2.48. The van der Waals surface area contributed by atoms with Gasteiger partial charge in [0.05, 0.1) is 0 Å². The minimum Gasteiger partial charge on any atom is -0.324 e. The van der Waals surface area contributed by atoms with Crippen LogP contribution < -0.4 is 5.73 Å². The molecule has 2 atom stereocenters. The highest BCUT2D eigenvalue weighted by atomic mass is 14.8. The van der Waals surface area contributed by atoms with E-state index in [9.17, 15) is 0 Å². The predicted molar refractivity (Wildman–Crippen MR) is 47.2 cm³/mol. The van der Waals surface area contributed by atoms with Crippen LogP contribution in [-0.4, -0.2) is 5.54 Å². The Kier molecular flexibility index (Phi) is 1.15. The van der Waals surface area contributed by atoms with E-state index in [4.69, 9.17) is 5.73 Å². The Morgan fingerprint density at radius 3 is 2.45 bits per heavy atom. The first kappa shape index (κ1) is 7.35. The Morgan fingerprint density at radius 2 is 2.18 bits per heavy atom. The van der Waals surface area contributed by atoms with Gasteiger partial charge >= 0.3 is 0 Å². The fourth-order valence-electron chi connectivity index (χ4n) is 2.77.